The van der Waals surface area contributed by atoms with E-state index in [1.54, 1.807) is 0 Å². The maximum absolute atomic E-state index is 14.0. The molecule has 1 spiro atoms. The lowest BCUT2D eigenvalue weighted by atomic mass is 9.48. The van der Waals surface area contributed by atoms with Crippen molar-refractivity contribution in [2.24, 2.45) is 22.7 Å². The van der Waals surface area contributed by atoms with Crippen LogP contribution < -0.4 is 5.32 Å². The number of nitrogens with one attached hydrogen (secondary N) is 1. The second-order valence-corrected chi connectivity index (χ2v) is 13.8. The van der Waals surface area contributed by atoms with Gasteiger partial charge in [-0.05, 0) is 80.3 Å². The summed E-state index contributed by atoms with van der Waals surface area (Å²) in [5, 5.41) is 31.7. The van der Waals surface area contributed by atoms with Crippen molar-refractivity contribution in [1.29, 1.82) is 0 Å². The van der Waals surface area contributed by atoms with E-state index in [1.165, 1.54) is 24.3 Å². The van der Waals surface area contributed by atoms with Crippen LogP contribution in [0.1, 0.15) is 73.1 Å². The molecule has 222 valence electrons. The van der Waals surface area contributed by atoms with Crippen LogP contribution in [0, 0.1) is 28.5 Å². The molecule has 0 aromatic heterocycles. The van der Waals surface area contributed by atoms with Crippen molar-refractivity contribution < 1.29 is 43.6 Å². The third-order valence-corrected chi connectivity index (χ3v) is 11.7. The second kappa shape index (κ2) is 9.80. The summed E-state index contributed by atoms with van der Waals surface area (Å²) in [6, 6.07) is 7.50. The van der Waals surface area contributed by atoms with Crippen LogP contribution in [-0.2, 0) is 14.3 Å². The Morgan fingerprint density at radius 2 is 1.83 bits per heavy atom. The van der Waals surface area contributed by atoms with Crippen LogP contribution in [-0.4, -0.2) is 55.0 Å². The van der Waals surface area contributed by atoms with Crippen LogP contribution in [0.3, 0.4) is 0 Å². The van der Waals surface area contributed by atoms with Crippen LogP contribution in [0.2, 0.25) is 0 Å². The van der Waals surface area contributed by atoms with Crippen molar-refractivity contribution in [1.82, 2.24) is 0 Å². The van der Waals surface area contributed by atoms with Crippen molar-refractivity contribution >= 4 is 40.2 Å². The molecule has 9 nitrogen and oxygen atoms in total. The quantitative estimate of drug-likeness (QED) is 0.318. The number of hydrogen-bond donors (Lipinski definition) is 4. The number of aromatic carboxylic acids is 1. The number of anilines is 1. The molecule has 5 fully saturated rings. The van der Waals surface area contributed by atoms with Gasteiger partial charge in [0, 0.05) is 35.0 Å². The highest BCUT2D eigenvalue weighted by atomic mass is 32.2. The predicted molar refractivity (Wildman–Crippen MR) is 151 cm³/mol. The van der Waals surface area contributed by atoms with E-state index in [4.69, 9.17) is 4.74 Å². The third-order valence-electron chi connectivity index (χ3n) is 10.3. The Morgan fingerprint density at radius 1 is 1.12 bits per heavy atom. The smallest absolute Gasteiger partial charge is 0.339 e. The first-order chi connectivity index (χ1) is 19.8. The van der Waals surface area contributed by atoms with E-state index >= 15 is 0 Å². The van der Waals surface area contributed by atoms with Gasteiger partial charge in [-0.2, -0.15) is 0 Å². The average molecular weight is 598 g/mol. The summed E-state index contributed by atoms with van der Waals surface area (Å²) in [6.07, 6.45) is 2.36. The molecule has 4 N–H and O–H groups in total. The lowest BCUT2D eigenvalue weighted by Crippen LogP contribution is -2.63. The number of benzene rings is 2. The number of Topliss-reactive ketones (excluding diaryl/α,β-unsaturated/α-hetero) is 1. The molecule has 2 saturated heterocycles. The summed E-state index contributed by atoms with van der Waals surface area (Å²) in [5.74, 6) is -3.64. The average Bonchev–Trinajstić information content (AvgIpc) is 3.30. The summed E-state index contributed by atoms with van der Waals surface area (Å²) in [7, 11) is 0. The molecule has 42 heavy (non-hydrogen) atoms. The van der Waals surface area contributed by atoms with Crippen LogP contribution in [0.15, 0.2) is 36.4 Å². The van der Waals surface area contributed by atoms with E-state index in [2.05, 4.69) is 12.2 Å². The zero-order valence-electron chi connectivity index (χ0n) is 23.2. The summed E-state index contributed by atoms with van der Waals surface area (Å²) >= 11 is 1.15. The van der Waals surface area contributed by atoms with Gasteiger partial charge in [-0.1, -0.05) is 18.7 Å². The molecule has 2 heterocycles. The Labute approximate surface area is 245 Å². The molecule has 0 radical (unpaired) electrons. The van der Waals surface area contributed by atoms with E-state index < -0.39 is 45.9 Å². The van der Waals surface area contributed by atoms with Crippen molar-refractivity contribution in [2.75, 3.05) is 5.32 Å². The molecule has 3 aliphatic carbocycles. The summed E-state index contributed by atoms with van der Waals surface area (Å²) in [4.78, 5) is 51.7. The molecule has 11 heteroatoms. The Kier molecular flexibility index (Phi) is 6.69. The minimum atomic E-state index is -1.42. The molecule has 2 aliphatic heterocycles. The Hall–Kier alpha value is -3.44. The Bertz CT molecular complexity index is 1510. The molecule has 7 rings (SSSR count). The minimum absolute atomic E-state index is 0.0588. The maximum Gasteiger partial charge on any atom is 0.339 e. The van der Waals surface area contributed by atoms with Crippen molar-refractivity contribution in [3.63, 3.8) is 0 Å². The highest BCUT2D eigenvalue weighted by Gasteiger charge is 2.75. The van der Waals surface area contributed by atoms with Gasteiger partial charge in [-0.15, -0.1) is 0 Å². The molecule has 3 saturated carbocycles. The third kappa shape index (κ3) is 4.31. The first-order valence-corrected chi connectivity index (χ1v) is 14.9. The molecule has 2 aromatic carbocycles. The van der Waals surface area contributed by atoms with Crippen LogP contribution in [0.25, 0.3) is 0 Å². The van der Waals surface area contributed by atoms with Crippen LogP contribution >= 0.6 is 11.8 Å². The molecule has 7 atom stereocenters. The normalized spacial score (nSPS) is 34.3. The fourth-order valence-electron chi connectivity index (χ4n) is 8.46. The van der Waals surface area contributed by atoms with E-state index in [0.29, 0.717) is 17.9 Å². The molecule has 0 unspecified atom stereocenters. The number of carboxylic acid groups (broad SMARTS) is 1. The lowest BCUT2D eigenvalue weighted by Gasteiger charge is -2.60. The largest absolute Gasteiger partial charge is 0.506 e. The molecule has 1 amide bonds. The fraction of sp³-hybridized carbons (Fsp3) is 0.484. The van der Waals surface area contributed by atoms with E-state index in [0.717, 1.165) is 36.7 Å². The standard InChI is InChI=1S/C31H32FNO8S/c1-29(10-9-23(36)33-24-19(34)8-7-18(25(24)37)27(38)39)21(35)12-22(42-28(40)15-3-5-17(32)6-4-15)31-13-16-11-20(26(29)31)41-30(16,2)14-31/h3-8,16,20,22,26,34,37H,9-14H2,1-2H3,(H,33,36)(H,38,39)/t16-,20-,22-,26-,29+,30-,31-/m0/s1. The number of ketones is 1. The highest BCUT2D eigenvalue weighted by Crippen LogP contribution is 2.74. The van der Waals surface area contributed by atoms with Crippen molar-refractivity contribution in [3.05, 3.63) is 53.3 Å². The van der Waals surface area contributed by atoms with Gasteiger partial charge in [0.25, 0.3) is 0 Å². The van der Waals surface area contributed by atoms with Crippen molar-refractivity contribution in [3.8, 4) is 11.5 Å². The van der Waals surface area contributed by atoms with E-state index in [9.17, 15) is 38.9 Å². The number of ether oxygens (including phenoxy) is 1. The fourth-order valence-corrected chi connectivity index (χ4v) is 9.78. The van der Waals surface area contributed by atoms with Crippen LogP contribution in [0.5, 0.6) is 11.5 Å². The summed E-state index contributed by atoms with van der Waals surface area (Å²) in [6.45, 7) is 3.98. The highest BCUT2D eigenvalue weighted by molar-refractivity contribution is 8.14. The number of halogens is 1. The van der Waals surface area contributed by atoms with Gasteiger partial charge in [0.2, 0.25) is 11.0 Å². The number of phenols is 2. The van der Waals surface area contributed by atoms with Gasteiger partial charge < -0.3 is 25.4 Å². The summed E-state index contributed by atoms with van der Waals surface area (Å²) < 4.78 is 20.0. The first-order valence-electron chi connectivity index (χ1n) is 14.0. The molecule has 5 aliphatic rings. The van der Waals surface area contributed by atoms with Gasteiger partial charge in [0.15, 0.2) is 5.75 Å². The van der Waals surface area contributed by atoms with Gasteiger partial charge >= 0.3 is 5.97 Å². The Morgan fingerprint density at radius 3 is 2.50 bits per heavy atom. The summed E-state index contributed by atoms with van der Waals surface area (Å²) in [5.41, 5.74) is -2.11. The number of carboxylic acids is 1. The predicted octanol–water partition coefficient (Wildman–Crippen LogP) is 5.15. The van der Waals surface area contributed by atoms with Gasteiger partial charge in [0.1, 0.15) is 28.6 Å². The minimum Gasteiger partial charge on any atom is -0.506 e. The number of phenolic OH excluding ortho intramolecular Hbond substituents is 1. The molecule has 2 aromatic rings. The molecular weight excluding hydrogens is 565 g/mol. The number of rotatable bonds is 7. The van der Waals surface area contributed by atoms with Gasteiger partial charge in [-0.25, -0.2) is 9.18 Å². The van der Waals surface area contributed by atoms with Crippen LogP contribution in [0.4, 0.5) is 10.1 Å². The zero-order chi connectivity index (χ0) is 30.2. The number of thioether (sulfide) groups is 1. The molecular formula is C31H32FNO8S. The number of carbonyl (C=O) groups is 4. The number of carbonyl (C=O) groups excluding carboxylic acids is 3. The maximum atomic E-state index is 14.0. The second-order valence-electron chi connectivity index (χ2n) is 12.6. The monoisotopic (exact) mass is 597 g/mol. The number of hydrogen-bond acceptors (Lipinski definition) is 8. The van der Waals surface area contributed by atoms with Gasteiger partial charge in [-0.3, -0.25) is 14.4 Å². The number of aromatic hydroxyl groups is 2. The SMILES string of the molecule is C[C@]12C[C@]34C[C@@H]1C[C@H](O2)[C@H]3[C@](C)(CCC(=O)Nc1c(O)ccc(C(=O)O)c1O)C(=O)C[C@@H]4SC(=O)c1ccc(F)cc1. The number of amides is 1. The topological polar surface area (TPSA) is 150 Å². The van der Waals surface area contributed by atoms with Gasteiger partial charge in [0.05, 0.1) is 11.7 Å². The van der Waals surface area contributed by atoms with E-state index in [-0.39, 0.29) is 58.4 Å². The Balaban J connectivity index is 1.25. The van der Waals surface area contributed by atoms with E-state index in [1.807, 2.05) is 6.92 Å². The first kappa shape index (κ1) is 28.7. The van der Waals surface area contributed by atoms with Crippen molar-refractivity contribution in [2.45, 2.75) is 69.3 Å². The lowest BCUT2D eigenvalue weighted by molar-refractivity contribution is -0.189. The molecule has 4 bridgehead atoms. The zero-order valence-corrected chi connectivity index (χ0v) is 24.0.